The number of hydrogen-bond acceptors (Lipinski definition) is 2. The molecular weight excluding hydrogens is 312 g/mol. The molecule has 1 saturated heterocycles. The van der Waals surface area contributed by atoms with Crippen LogP contribution in [0.25, 0.3) is 0 Å². The smallest absolute Gasteiger partial charge is 0.349 e. The highest BCUT2D eigenvalue weighted by atomic mass is 35.5. The molecule has 1 aromatic carbocycles. The van der Waals surface area contributed by atoms with Gasteiger partial charge in [-0.3, -0.25) is 4.79 Å². The van der Waals surface area contributed by atoms with Crippen molar-refractivity contribution in [3.8, 4) is 0 Å². The molecule has 8 heteroatoms. The molecule has 0 saturated carbocycles. The van der Waals surface area contributed by atoms with E-state index in [0.29, 0.717) is 25.0 Å². The van der Waals surface area contributed by atoms with Gasteiger partial charge in [-0.1, -0.05) is 0 Å². The minimum absolute atomic E-state index is 0. The first-order valence-corrected chi connectivity index (χ1v) is 6.25. The lowest BCUT2D eigenvalue weighted by Gasteiger charge is -2.23. The van der Waals surface area contributed by atoms with E-state index < -0.39 is 23.5 Å². The SMILES string of the molecule is Cl.O=C(NC1CCNCC1)c1cc(F)cc(C(F)(F)F)c1. The first-order valence-electron chi connectivity index (χ1n) is 6.25. The summed E-state index contributed by atoms with van der Waals surface area (Å²) < 4.78 is 50.9. The highest BCUT2D eigenvalue weighted by molar-refractivity contribution is 5.94. The Bertz CT molecular complexity index is 501. The summed E-state index contributed by atoms with van der Waals surface area (Å²) in [4.78, 5) is 11.9. The third-order valence-electron chi connectivity index (χ3n) is 3.16. The van der Waals surface area contributed by atoms with Crippen LogP contribution in [0.2, 0.25) is 0 Å². The van der Waals surface area contributed by atoms with Crippen molar-refractivity contribution in [1.29, 1.82) is 0 Å². The lowest BCUT2D eigenvalue weighted by atomic mass is 10.0. The predicted octanol–water partition coefficient (Wildman–Crippen LogP) is 2.75. The third kappa shape index (κ3) is 4.86. The Kier molecular flexibility index (Phi) is 5.98. The summed E-state index contributed by atoms with van der Waals surface area (Å²) in [5.41, 5.74) is -1.47. The second kappa shape index (κ2) is 7.09. The van der Waals surface area contributed by atoms with Crippen LogP contribution in [0.15, 0.2) is 18.2 Å². The Morgan fingerprint density at radius 1 is 1.19 bits per heavy atom. The van der Waals surface area contributed by atoms with Gasteiger partial charge in [-0.2, -0.15) is 13.2 Å². The quantitative estimate of drug-likeness (QED) is 0.821. The van der Waals surface area contributed by atoms with Gasteiger partial charge in [0, 0.05) is 11.6 Å². The van der Waals surface area contributed by atoms with E-state index in [1.54, 1.807) is 0 Å². The Balaban J connectivity index is 0.00000220. The van der Waals surface area contributed by atoms with Crippen LogP contribution in [-0.4, -0.2) is 25.0 Å². The molecule has 2 N–H and O–H groups in total. The number of piperidine rings is 1. The number of benzene rings is 1. The highest BCUT2D eigenvalue weighted by Gasteiger charge is 2.32. The van der Waals surface area contributed by atoms with Crippen molar-refractivity contribution in [2.45, 2.75) is 25.1 Å². The van der Waals surface area contributed by atoms with Gasteiger partial charge >= 0.3 is 6.18 Å². The number of halogens is 5. The van der Waals surface area contributed by atoms with Gasteiger partial charge in [0.1, 0.15) is 5.82 Å². The van der Waals surface area contributed by atoms with Crippen molar-refractivity contribution in [2.75, 3.05) is 13.1 Å². The second-order valence-electron chi connectivity index (χ2n) is 4.72. The molecule has 118 valence electrons. The molecular formula is C13H15ClF4N2O. The Morgan fingerprint density at radius 3 is 2.38 bits per heavy atom. The molecule has 1 aliphatic rings. The molecule has 1 aliphatic heterocycles. The van der Waals surface area contributed by atoms with Gasteiger partial charge in [-0.05, 0) is 44.1 Å². The van der Waals surface area contributed by atoms with E-state index >= 15 is 0 Å². The molecule has 0 aliphatic carbocycles. The van der Waals surface area contributed by atoms with Crippen LogP contribution in [0, 0.1) is 5.82 Å². The molecule has 21 heavy (non-hydrogen) atoms. The molecule has 0 aromatic heterocycles. The van der Waals surface area contributed by atoms with Gasteiger partial charge in [0.05, 0.1) is 5.56 Å². The van der Waals surface area contributed by atoms with Crippen LogP contribution < -0.4 is 10.6 Å². The van der Waals surface area contributed by atoms with Gasteiger partial charge in [0.2, 0.25) is 0 Å². The van der Waals surface area contributed by atoms with Crippen LogP contribution in [-0.2, 0) is 6.18 Å². The highest BCUT2D eigenvalue weighted by Crippen LogP contribution is 2.30. The molecule has 0 spiro atoms. The van der Waals surface area contributed by atoms with Crippen molar-refractivity contribution in [2.24, 2.45) is 0 Å². The first kappa shape index (κ1) is 17.7. The Labute approximate surface area is 125 Å². The predicted molar refractivity (Wildman–Crippen MR) is 72.0 cm³/mol. The van der Waals surface area contributed by atoms with Crippen molar-refractivity contribution in [1.82, 2.24) is 10.6 Å². The van der Waals surface area contributed by atoms with Crippen LogP contribution in [0.1, 0.15) is 28.8 Å². The molecule has 0 radical (unpaired) electrons. The number of alkyl halides is 3. The van der Waals surface area contributed by atoms with E-state index in [1.165, 1.54) is 0 Å². The standard InChI is InChI=1S/C13H14F4N2O.ClH/c14-10-6-8(5-9(7-10)13(15,16)17)12(20)19-11-1-3-18-4-2-11;/h5-7,11,18H,1-4H2,(H,19,20);1H. The number of nitrogens with one attached hydrogen (secondary N) is 2. The third-order valence-corrected chi connectivity index (χ3v) is 3.16. The monoisotopic (exact) mass is 326 g/mol. The zero-order chi connectivity index (χ0) is 14.8. The first-order chi connectivity index (χ1) is 9.36. The number of hydrogen-bond donors (Lipinski definition) is 2. The fraction of sp³-hybridized carbons (Fsp3) is 0.462. The van der Waals surface area contributed by atoms with Crippen LogP contribution in [0.3, 0.4) is 0 Å². The number of rotatable bonds is 2. The minimum atomic E-state index is -4.67. The Morgan fingerprint density at radius 2 is 1.81 bits per heavy atom. The van der Waals surface area contributed by atoms with Crippen molar-refractivity contribution < 1.29 is 22.4 Å². The van der Waals surface area contributed by atoms with Gasteiger partial charge in [-0.15, -0.1) is 12.4 Å². The fourth-order valence-corrected chi connectivity index (χ4v) is 2.12. The minimum Gasteiger partial charge on any atom is -0.349 e. The zero-order valence-electron chi connectivity index (χ0n) is 11.0. The van der Waals surface area contributed by atoms with E-state index in [4.69, 9.17) is 0 Å². The number of carbonyl (C=O) groups is 1. The summed E-state index contributed by atoms with van der Waals surface area (Å²) >= 11 is 0. The molecule has 1 aromatic rings. The molecule has 0 unspecified atom stereocenters. The van der Waals surface area contributed by atoms with Gasteiger partial charge < -0.3 is 10.6 Å². The summed E-state index contributed by atoms with van der Waals surface area (Å²) in [6.45, 7) is 1.48. The lowest BCUT2D eigenvalue weighted by Crippen LogP contribution is -2.42. The van der Waals surface area contributed by atoms with Crippen LogP contribution >= 0.6 is 12.4 Å². The maximum atomic E-state index is 13.2. The van der Waals surface area contributed by atoms with Gasteiger partial charge in [0.25, 0.3) is 5.91 Å². The summed E-state index contributed by atoms with van der Waals surface area (Å²) in [6.07, 6.45) is -3.27. The van der Waals surface area contributed by atoms with Gasteiger partial charge in [-0.25, -0.2) is 4.39 Å². The van der Waals surface area contributed by atoms with E-state index in [-0.39, 0.29) is 24.0 Å². The molecule has 0 atom stereocenters. The van der Waals surface area contributed by atoms with Crippen molar-refractivity contribution in [3.05, 3.63) is 35.1 Å². The van der Waals surface area contributed by atoms with E-state index in [2.05, 4.69) is 10.6 Å². The summed E-state index contributed by atoms with van der Waals surface area (Å²) in [5.74, 6) is -1.75. The number of amides is 1. The van der Waals surface area contributed by atoms with Crippen molar-refractivity contribution in [3.63, 3.8) is 0 Å². The molecule has 1 fully saturated rings. The van der Waals surface area contributed by atoms with Crippen molar-refractivity contribution >= 4 is 18.3 Å². The average molecular weight is 327 g/mol. The van der Waals surface area contributed by atoms with Crippen LogP contribution in [0.5, 0.6) is 0 Å². The zero-order valence-corrected chi connectivity index (χ0v) is 11.8. The van der Waals surface area contributed by atoms with Gasteiger partial charge in [0.15, 0.2) is 0 Å². The molecule has 3 nitrogen and oxygen atoms in total. The molecule has 1 heterocycles. The van der Waals surface area contributed by atoms with E-state index in [0.717, 1.165) is 19.2 Å². The summed E-state index contributed by atoms with van der Waals surface area (Å²) in [7, 11) is 0. The molecule has 2 rings (SSSR count). The average Bonchev–Trinajstić information content (AvgIpc) is 2.38. The maximum Gasteiger partial charge on any atom is 0.416 e. The maximum absolute atomic E-state index is 13.2. The fourth-order valence-electron chi connectivity index (χ4n) is 2.12. The topological polar surface area (TPSA) is 41.1 Å². The largest absolute Gasteiger partial charge is 0.416 e. The summed E-state index contributed by atoms with van der Waals surface area (Å²) in [6, 6.07) is 1.76. The van der Waals surface area contributed by atoms with E-state index in [9.17, 15) is 22.4 Å². The molecule has 1 amide bonds. The normalized spacial score (nSPS) is 16.2. The number of carbonyl (C=O) groups excluding carboxylic acids is 1. The van der Waals surface area contributed by atoms with E-state index in [1.807, 2.05) is 0 Å². The van der Waals surface area contributed by atoms with Crippen LogP contribution in [0.4, 0.5) is 17.6 Å². The Hall–Kier alpha value is -1.34. The summed E-state index contributed by atoms with van der Waals surface area (Å²) in [5, 5.41) is 5.73. The second-order valence-corrected chi connectivity index (χ2v) is 4.72. The lowest BCUT2D eigenvalue weighted by molar-refractivity contribution is -0.137. The molecule has 0 bridgehead atoms.